The quantitative estimate of drug-likeness (QED) is 0.546. The molecule has 0 saturated carbocycles. The first-order valence-corrected chi connectivity index (χ1v) is 8.50. The molecule has 2 heterocycles. The number of fused-ring (bicyclic) bond motifs is 1. The molecule has 0 spiro atoms. The Hall–Kier alpha value is -3.41. The average molecular weight is 362 g/mol. The first-order chi connectivity index (χ1) is 13.1. The molecule has 1 unspecified atom stereocenters. The van der Waals surface area contributed by atoms with Crippen LogP contribution in [0.3, 0.4) is 0 Å². The zero-order valence-corrected chi connectivity index (χ0v) is 14.5. The van der Waals surface area contributed by atoms with E-state index in [9.17, 15) is 8.78 Å². The third kappa shape index (κ3) is 3.46. The van der Waals surface area contributed by atoms with Crippen molar-refractivity contribution in [2.75, 3.05) is 5.32 Å². The van der Waals surface area contributed by atoms with E-state index in [-0.39, 0.29) is 6.04 Å². The van der Waals surface area contributed by atoms with Crippen LogP contribution in [0.2, 0.25) is 0 Å². The number of anilines is 1. The summed E-state index contributed by atoms with van der Waals surface area (Å²) in [6, 6.07) is 15.0. The zero-order chi connectivity index (χ0) is 18.8. The van der Waals surface area contributed by atoms with E-state index < -0.39 is 11.6 Å². The minimum absolute atomic E-state index is 0.278. The van der Waals surface area contributed by atoms with Crippen LogP contribution in [0.4, 0.5) is 14.6 Å². The molecule has 0 aliphatic heterocycles. The molecule has 0 radical (unpaired) electrons. The smallest absolute Gasteiger partial charge is 0.163 e. The van der Waals surface area contributed by atoms with Crippen molar-refractivity contribution in [1.82, 2.24) is 15.0 Å². The van der Waals surface area contributed by atoms with E-state index in [1.165, 1.54) is 6.07 Å². The molecule has 0 aliphatic carbocycles. The molecular weight excluding hydrogens is 346 g/mol. The van der Waals surface area contributed by atoms with Gasteiger partial charge in [-0.1, -0.05) is 18.2 Å². The molecule has 4 aromatic rings. The highest BCUT2D eigenvalue weighted by atomic mass is 19.2. The predicted octanol–water partition coefficient (Wildman–Crippen LogP) is 5.14. The van der Waals surface area contributed by atoms with Crippen LogP contribution in [0.25, 0.3) is 22.3 Å². The minimum atomic E-state index is -0.871. The van der Waals surface area contributed by atoms with Gasteiger partial charge in [0.25, 0.3) is 0 Å². The molecule has 0 aliphatic rings. The van der Waals surface area contributed by atoms with Crippen LogP contribution in [0.5, 0.6) is 0 Å². The molecule has 4 rings (SSSR count). The summed E-state index contributed by atoms with van der Waals surface area (Å²) < 4.78 is 26.8. The summed E-state index contributed by atoms with van der Waals surface area (Å²) in [6.45, 7) is 1.87. The maximum absolute atomic E-state index is 13.6. The lowest BCUT2D eigenvalue weighted by molar-refractivity contribution is 0.506. The highest BCUT2D eigenvalue weighted by Crippen LogP contribution is 2.28. The van der Waals surface area contributed by atoms with Crippen molar-refractivity contribution in [3.05, 3.63) is 84.2 Å². The third-order valence-electron chi connectivity index (χ3n) is 4.32. The Morgan fingerprint density at radius 2 is 1.78 bits per heavy atom. The van der Waals surface area contributed by atoms with Crippen molar-refractivity contribution in [1.29, 1.82) is 0 Å². The molecule has 0 bridgehead atoms. The van der Waals surface area contributed by atoms with Gasteiger partial charge in [-0.25, -0.2) is 18.7 Å². The second-order valence-electron chi connectivity index (χ2n) is 6.19. The van der Waals surface area contributed by atoms with Gasteiger partial charge in [-0.2, -0.15) is 0 Å². The van der Waals surface area contributed by atoms with Gasteiger partial charge in [-0.05, 0) is 48.9 Å². The molecule has 27 heavy (non-hydrogen) atoms. The van der Waals surface area contributed by atoms with Gasteiger partial charge in [0, 0.05) is 23.3 Å². The fourth-order valence-electron chi connectivity index (χ4n) is 2.88. The SMILES string of the molecule is CC(Nc1nc(-c2cccnc2)nc2ccccc12)c1ccc(F)c(F)c1. The Bertz CT molecular complexity index is 1100. The van der Waals surface area contributed by atoms with Gasteiger partial charge in [0.15, 0.2) is 17.5 Å². The van der Waals surface area contributed by atoms with Gasteiger partial charge in [0.05, 0.1) is 11.6 Å². The van der Waals surface area contributed by atoms with Crippen molar-refractivity contribution < 1.29 is 8.78 Å². The number of para-hydroxylation sites is 1. The molecule has 2 aromatic heterocycles. The van der Waals surface area contributed by atoms with Crippen LogP contribution >= 0.6 is 0 Å². The fraction of sp³-hybridized carbons (Fsp3) is 0.0952. The van der Waals surface area contributed by atoms with Crippen molar-refractivity contribution in [3.8, 4) is 11.4 Å². The summed E-state index contributed by atoms with van der Waals surface area (Å²) in [6.07, 6.45) is 3.39. The number of nitrogens with zero attached hydrogens (tertiary/aromatic N) is 3. The average Bonchev–Trinajstić information content (AvgIpc) is 2.70. The van der Waals surface area contributed by atoms with E-state index in [2.05, 4.69) is 20.3 Å². The van der Waals surface area contributed by atoms with Crippen molar-refractivity contribution in [2.24, 2.45) is 0 Å². The van der Waals surface area contributed by atoms with Crippen LogP contribution in [-0.4, -0.2) is 15.0 Å². The van der Waals surface area contributed by atoms with Crippen LogP contribution < -0.4 is 5.32 Å². The number of nitrogens with one attached hydrogen (secondary N) is 1. The van der Waals surface area contributed by atoms with Gasteiger partial charge >= 0.3 is 0 Å². The summed E-state index contributed by atoms with van der Waals surface area (Å²) in [7, 11) is 0. The topological polar surface area (TPSA) is 50.7 Å². The summed E-state index contributed by atoms with van der Waals surface area (Å²) in [5.41, 5.74) is 2.21. The Morgan fingerprint density at radius 3 is 2.56 bits per heavy atom. The lowest BCUT2D eigenvalue weighted by Crippen LogP contribution is -2.10. The molecular formula is C21H16F2N4. The monoisotopic (exact) mass is 362 g/mol. The van der Waals surface area contributed by atoms with Crippen molar-refractivity contribution in [3.63, 3.8) is 0 Å². The molecule has 0 fully saturated rings. The number of halogens is 2. The van der Waals surface area contributed by atoms with E-state index in [1.54, 1.807) is 18.5 Å². The zero-order valence-electron chi connectivity index (χ0n) is 14.5. The maximum atomic E-state index is 13.6. The van der Waals surface area contributed by atoms with Gasteiger partial charge in [-0.3, -0.25) is 4.98 Å². The minimum Gasteiger partial charge on any atom is -0.363 e. The standard InChI is InChI=1S/C21H16F2N4/c1-13(14-8-9-17(22)18(23)11-14)25-21-16-6-2-3-7-19(16)26-20(27-21)15-5-4-10-24-12-15/h2-13H,1H3,(H,25,26,27). The largest absolute Gasteiger partial charge is 0.363 e. The molecule has 134 valence electrons. The number of aromatic nitrogens is 3. The van der Waals surface area contributed by atoms with Crippen LogP contribution in [0.15, 0.2) is 67.0 Å². The van der Waals surface area contributed by atoms with Crippen LogP contribution in [0.1, 0.15) is 18.5 Å². The van der Waals surface area contributed by atoms with E-state index in [4.69, 9.17) is 0 Å². The van der Waals surface area contributed by atoms with Crippen LogP contribution in [0, 0.1) is 11.6 Å². The van der Waals surface area contributed by atoms with Gasteiger partial charge in [-0.15, -0.1) is 0 Å². The molecule has 1 N–H and O–H groups in total. The summed E-state index contributed by atoms with van der Waals surface area (Å²) in [4.78, 5) is 13.4. The summed E-state index contributed by atoms with van der Waals surface area (Å²) in [5.74, 6) is -0.569. The van der Waals surface area contributed by atoms with Gasteiger partial charge < -0.3 is 5.32 Å². The van der Waals surface area contributed by atoms with E-state index >= 15 is 0 Å². The molecule has 6 heteroatoms. The lowest BCUT2D eigenvalue weighted by atomic mass is 10.1. The highest BCUT2D eigenvalue weighted by molar-refractivity contribution is 5.90. The molecule has 0 saturated heterocycles. The first-order valence-electron chi connectivity index (χ1n) is 8.50. The molecule has 1 atom stereocenters. The molecule has 4 nitrogen and oxygen atoms in total. The number of rotatable bonds is 4. The van der Waals surface area contributed by atoms with Gasteiger partial charge in [0.2, 0.25) is 0 Å². The lowest BCUT2D eigenvalue weighted by Gasteiger charge is -2.17. The number of benzene rings is 2. The second kappa shape index (κ2) is 7.07. The van der Waals surface area contributed by atoms with E-state index in [0.29, 0.717) is 17.2 Å². The number of pyridine rings is 1. The Kier molecular flexibility index (Phi) is 4.46. The number of hydrogen-bond donors (Lipinski definition) is 1. The predicted molar refractivity (Wildman–Crippen MR) is 101 cm³/mol. The normalized spacial score (nSPS) is 12.1. The van der Waals surface area contributed by atoms with Crippen molar-refractivity contribution in [2.45, 2.75) is 13.0 Å². The first kappa shape index (κ1) is 17.0. The maximum Gasteiger partial charge on any atom is 0.163 e. The van der Waals surface area contributed by atoms with E-state index in [1.807, 2.05) is 43.3 Å². The fourth-order valence-corrected chi connectivity index (χ4v) is 2.88. The van der Waals surface area contributed by atoms with Crippen LogP contribution in [-0.2, 0) is 0 Å². The van der Waals surface area contributed by atoms with E-state index in [0.717, 1.165) is 22.5 Å². The summed E-state index contributed by atoms with van der Waals surface area (Å²) >= 11 is 0. The highest BCUT2D eigenvalue weighted by Gasteiger charge is 2.14. The summed E-state index contributed by atoms with van der Waals surface area (Å²) in [5, 5.41) is 4.14. The third-order valence-corrected chi connectivity index (χ3v) is 4.32. The van der Waals surface area contributed by atoms with Gasteiger partial charge in [0.1, 0.15) is 5.82 Å². The second-order valence-corrected chi connectivity index (χ2v) is 6.19. The Labute approximate surface area is 154 Å². The Balaban J connectivity index is 1.76. The molecule has 0 amide bonds. The number of hydrogen-bond acceptors (Lipinski definition) is 4. The van der Waals surface area contributed by atoms with Crippen molar-refractivity contribution >= 4 is 16.7 Å². The Morgan fingerprint density at radius 1 is 0.926 bits per heavy atom. The molecule has 2 aromatic carbocycles.